The van der Waals surface area contributed by atoms with E-state index in [4.69, 9.17) is 4.98 Å². The zero-order valence-corrected chi connectivity index (χ0v) is 16.7. The largest absolute Gasteiger partial charge is 0.294 e. The monoisotopic (exact) mass is 385 g/mol. The number of nitrogens with zero attached hydrogens (tertiary/aromatic N) is 3. The van der Waals surface area contributed by atoms with E-state index in [9.17, 15) is 5.26 Å². The Morgan fingerprint density at radius 3 is 2.43 bits per heavy atom. The summed E-state index contributed by atoms with van der Waals surface area (Å²) in [5, 5.41) is 10.5. The molecule has 0 unspecified atom stereocenters. The standard InChI is InChI=1S/C24H23N3S/c25-16-21-15-22-18-27(17-20-9-5-2-6-10-20)13-11-23(22)26-24(21)28-14-12-19-7-3-1-4-8-19/h1-10,15H,11-14,17-18H2. The Kier molecular flexibility index (Phi) is 6.06. The van der Waals surface area contributed by atoms with Crippen molar-refractivity contribution < 1.29 is 0 Å². The molecule has 0 atom stereocenters. The smallest absolute Gasteiger partial charge is 0.114 e. The molecule has 0 radical (unpaired) electrons. The van der Waals surface area contributed by atoms with E-state index in [-0.39, 0.29) is 0 Å². The number of aryl methyl sites for hydroxylation is 1. The van der Waals surface area contributed by atoms with Gasteiger partial charge in [-0.25, -0.2) is 4.98 Å². The van der Waals surface area contributed by atoms with Crippen molar-refractivity contribution in [3.05, 3.63) is 94.7 Å². The van der Waals surface area contributed by atoms with Crippen LogP contribution in [0.25, 0.3) is 0 Å². The van der Waals surface area contributed by atoms with E-state index in [1.807, 2.05) is 6.07 Å². The second-order valence-corrected chi connectivity index (χ2v) is 8.17. The lowest BCUT2D eigenvalue weighted by Crippen LogP contribution is -2.30. The maximum atomic E-state index is 9.62. The molecule has 3 aromatic rings. The van der Waals surface area contributed by atoms with Crippen molar-refractivity contribution in [2.24, 2.45) is 0 Å². The summed E-state index contributed by atoms with van der Waals surface area (Å²) in [4.78, 5) is 7.30. The van der Waals surface area contributed by atoms with Gasteiger partial charge in [-0.15, -0.1) is 11.8 Å². The molecule has 140 valence electrons. The highest BCUT2D eigenvalue weighted by Crippen LogP contribution is 2.27. The molecule has 0 bridgehead atoms. The molecule has 0 saturated carbocycles. The van der Waals surface area contributed by atoms with E-state index >= 15 is 0 Å². The molecule has 0 amide bonds. The first-order chi connectivity index (χ1) is 13.8. The predicted molar refractivity (Wildman–Crippen MR) is 114 cm³/mol. The molecule has 0 fully saturated rings. The Balaban J connectivity index is 1.43. The Morgan fingerprint density at radius 1 is 1.00 bits per heavy atom. The molecule has 4 heteroatoms. The number of nitriles is 1. The van der Waals surface area contributed by atoms with Gasteiger partial charge in [0.05, 0.1) is 5.56 Å². The zero-order valence-electron chi connectivity index (χ0n) is 15.8. The molecular weight excluding hydrogens is 362 g/mol. The van der Waals surface area contributed by atoms with Gasteiger partial charge in [-0.1, -0.05) is 60.7 Å². The minimum Gasteiger partial charge on any atom is -0.294 e. The van der Waals surface area contributed by atoms with E-state index in [0.29, 0.717) is 5.56 Å². The van der Waals surface area contributed by atoms with Crippen molar-refractivity contribution in [2.75, 3.05) is 12.3 Å². The SMILES string of the molecule is N#Cc1cc2c(nc1SCCc1ccccc1)CCN(Cc1ccccc1)C2. The first-order valence-electron chi connectivity index (χ1n) is 9.68. The van der Waals surface area contributed by atoms with E-state index in [2.05, 4.69) is 71.6 Å². The first-order valence-corrected chi connectivity index (χ1v) is 10.7. The lowest BCUT2D eigenvalue weighted by molar-refractivity contribution is 0.243. The molecule has 0 spiro atoms. The number of rotatable bonds is 6. The summed E-state index contributed by atoms with van der Waals surface area (Å²) < 4.78 is 0. The fourth-order valence-corrected chi connectivity index (χ4v) is 4.55. The predicted octanol–water partition coefficient (Wildman–Crippen LogP) is 4.85. The number of aromatic nitrogens is 1. The lowest BCUT2D eigenvalue weighted by Gasteiger charge is -2.28. The minimum atomic E-state index is 0.707. The van der Waals surface area contributed by atoms with E-state index in [1.54, 1.807) is 11.8 Å². The summed E-state index contributed by atoms with van der Waals surface area (Å²) in [6.45, 7) is 2.81. The van der Waals surface area contributed by atoms with Crippen molar-refractivity contribution in [2.45, 2.75) is 31.0 Å². The summed E-state index contributed by atoms with van der Waals surface area (Å²) >= 11 is 1.70. The van der Waals surface area contributed by atoms with Crippen molar-refractivity contribution in [1.29, 1.82) is 5.26 Å². The van der Waals surface area contributed by atoms with Crippen LogP contribution in [0.15, 0.2) is 71.8 Å². The lowest BCUT2D eigenvalue weighted by atomic mass is 10.0. The molecule has 1 aliphatic heterocycles. The van der Waals surface area contributed by atoms with Crippen LogP contribution in [0.5, 0.6) is 0 Å². The zero-order chi connectivity index (χ0) is 19.2. The molecule has 0 N–H and O–H groups in total. The van der Waals surface area contributed by atoms with Gasteiger partial charge in [0, 0.05) is 37.5 Å². The summed E-state index contributed by atoms with van der Waals surface area (Å²) in [7, 11) is 0. The molecule has 4 rings (SSSR count). The number of benzene rings is 2. The van der Waals surface area contributed by atoms with Gasteiger partial charge >= 0.3 is 0 Å². The Hall–Kier alpha value is -2.61. The van der Waals surface area contributed by atoms with Crippen LogP contribution in [0, 0.1) is 11.3 Å². The number of thioether (sulfide) groups is 1. The molecule has 1 aliphatic rings. The van der Waals surface area contributed by atoms with Crippen molar-refractivity contribution in [3.63, 3.8) is 0 Å². The summed E-state index contributed by atoms with van der Waals surface area (Å²) in [6.07, 6.45) is 1.93. The number of hydrogen-bond acceptors (Lipinski definition) is 4. The Bertz CT molecular complexity index is 964. The maximum absolute atomic E-state index is 9.62. The number of hydrogen-bond donors (Lipinski definition) is 0. The molecule has 2 heterocycles. The summed E-state index contributed by atoms with van der Waals surface area (Å²) in [5.41, 5.74) is 5.71. The topological polar surface area (TPSA) is 39.9 Å². The molecule has 2 aromatic carbocycles. The molecule has 28 heavy (non-hydrogen) atoms. The highest BCUT2D eigenvalue weighted by atomic mass is 32.2. The number of fused-ring (bicyclic) bond motifs is 1. The van der Waals surface area contributed by atoms with E-state index in [0.717, 1.165) is 48.9 Å². The van der Waals surface area contributed by atoms with Crippen LogP contribution >= 0.6 is 11.8 Å². The van der Waals surface area contributed by atoms with Gasteiger partial charge in [0.2, 0.25) is 0 Å². The minimum absolute atomic E-state index is 0.707. The van der Waals surface area contributed by atoms with Gasteiger partial charge < -0.3 is 0 Å². The number of pyridine rings is 1. The Morgan fingerprint density at radius 2 is 1.71 bits per heavy atom. The normalized spacial score (nSPS) is 13.7. The molecule has 1 aromatic heterocycles. The third-order valence-electron chi connectivity index (χ3n) is 5.06. The fraction of sp³-hybridized carbons (Fsp3) is 0.250. The van der Waals surface area contributed by atoms with Crippen molar-refractivity contribution >= 4 is 11.8 Å². The van der Waals surface area contributed by atoms with Crippen LogP contribution in [-0.2, 0) is 25.9 Å². The third-order valence-corrected chi connectivity index (χ3v) is 6.05. The summed E-state index contributed by atoms with van der Waals surface area (Å²) in [5.74, 6) is 0.935. The fourth-order valence-electron chi connectivity index (χ4n) is 3.59. The molecule has 0 aliphatic carbocycles. The van der Waals surface area contributed by atoms with Crippen LogP contribution in [0.2, 0.25) is 0 Å². The van der Waals surface area contributed by atoms with Gasteiger partial charge in [0.1, 0.15) is 11.1 Å². The molecular formula is C24H23N3S. The van der Waals surface area contributed by atoms with E-state index in [1.165, 1.54) is 16.7 Å². The highest BCUT2D eigenvalue weighted by molar-refractivity contribution is 7.99. The van der Waals surface area contributed by atoms with E-state index < -0.39 is 0 Å². The van der Waals surface area contributed by atoms with Gasteiger partial charge in [-0.05, 0) is 29.2 Å². The van der Waals surface area contributed by atoms with Gasteiger partial charge in [-0.2, -0.15) is 5.26 Å². The third kappa shape index (κ3) is 4.62. The molecule has 0 saturated heterocycles. The average Bonchev–Trinajstić information content (AvgIpc) is 2.75. The second kappa shape index (κ2) is 9.05. The van der Waals surface area contributed by atoms with Crippen molar-refractivity contribution in [3.8, 4) is 6.07 Å². The summed E-state index contributed by atoms with van der Waals surface area (Å²) in [6, 6.07) is 25.4. The highest BCUT2D eigenvalue weighted by Gasteiger charge is 2.20. The first kappa shape index (κ1) is 18.7. The van der Waals surface area contributed by atoms with Crippen LogP contribution in [0.1, 0.15) is 27.9 Å². The maximum Gasteiger partial charge on any atom is 0.114 e. The van der Waals surface area contributed by atoms with Gasteiger partial charge in [-0.3, -0.25) is 4.90 Å². The van der Waals surface area contributed by atoms with Crippen molar-refractivity contribution in [1.82, 2.24) is 9.88 Å². The second-order valence-electron chi connectivity index (χ2n) is 7.09. The van der Waals surface area contributed by atoms with Crippen LogP contribution in [0.4, 0.5) is 0 Å². The van der Waals surface area contributed by atoms with Crippen LogP contribution in [-0.4, -0.2) is 22.2 Å². The Labute approximate surface area is 171 Å². The average molecular weight is 386 g/mol. The van der Waals surface area contributed by atoms with Gasteiger partial charge in [0.25, 0.3) is 0 Å². The van der Waals surface area contributed by atoms with Crippen LogP contribution < -0.4 is 0 Å². The quantitative estimate of drug-likeness (QED) is 0.569. The van der Waals surface area contributed by atoms with Gasteiger partial charge in [0.15, 0.2) is 0 Å². The molecule has 3 nitrogen and oxygen atoms in total. The van der Waals surface area contributed by atoms with Crippen LogP contribution in [0.3, 0.4) is 0 Å².